The molecule has 4 rings (SSSR count). The smallest absolute Gasteiger partial charge is 0.291 e. The summed E-state index contributed by atoms with van der Waals surface area (Å²) >= 11 is 0. The van der Waals surface area contributed by atoms with E-state index < -0.39 is 0 Å². The van der Waals surface area contributed by atoms with Gasteiger partial charge in [-0.25, -0.2) is 4.98 Å². The Morgan fingerprint density at radius 1 is 0.917 bits per heavy atom. The summed E-state index contributed by atoms with van der Waals surface area (Å²) in [7, 11) is 0. The minimum atomic E-state index is -0.280. The summed E-state index contributed by atoms with van der Waals surface area (Å²) in [6, 6.07) is 17.4. The lowest BCUT2D eigenvalue weighted by molar-refractivity contribution is 0.0998. The van der Waals surface area contributed by atoms with Crippen LogP contribution in [-0.4, -0.2) is 10.9 Å². The summed E-state index contributed by atoms with van der Waals surface area (Å²) in [5.74, 6) is -0.0257. The number of rotatable bonds is 2. The lowest BCUT2D eigenvalue weighted by Crippen LogP contribution is -2.10. The molecule has 1 amide bonds. The largest absolute Gasteiger partial charge is 0.433 e. The Bertz CT molecular complexity index is 1060. The third kappa shape index (κ3) is 2.63. The Kier molecular flexibility index (Phi) is 3.31. The van der Waals surface area contributed by atoms with Crippen molar-refractivity contribution in [3.63, 3.8) is 0 Å². The molecule has 0 saturated heterocycles. The maximum atomic E-state index is 12.4. The highest BCUT2D eigenvalue weighted by Gasteiger charge is 2.14. The number of benzene rings is 2. The maximum Gasteiger partial charge on any atom is 0.291 e. The Morgan fingerprint density at radius 3 is 2.46 bits per heavy atom. The average Bonchev–Trinajstić information content (AvgIpc) is 2.97. The van der Waals surface area contributed by atoms with Gasteiger partial charge in [-0.3, -0.25) is 4.79 Å². The van der Waals surface area contributed by atoms with Crippen molar-refractivity contribution in [2.75, 3.05) is 5.32 Å². The van der Waals surface area contributed by atoms with Crippen molar-refractivity contribution in [2.24, 2.45) is 0 Å². The SMILES string of the molecule is Cc1ccc(NC(=O)c2cc3cc4ccc(C)cc4nc3o2)cc1. The van der Waals surface area contributed by atoms with Gasteiger partial charge in [-0.05, 0) is 49.7 Å². The van der Waals surface area contributed by atoms with Gasteiger partial charge in [0.2, 0.25) is 5.71 Å². The number of amides is 1. The van der Waals surface area contributed by atoms with Crippen molar-refractivity contribution < 1.29 is 9.21 Å². The third-order valence-electron chi connectivity index (χ3n) is 3.99. The molecule has 2 aromatic carbocycles. The van der Waals surface area contributed by atoms with Gasteiger partial charge in [0.05, 0.1) is 5.52 Å². The molecule has 0 unspecified atom stereocenters. The predicted octanol–water partition coefficient (Wildman–Crippen LogP) is 4.85. The van der Waals surface area contributed by atoms with Crippen LogP contribution in [0.2, 0.25) is 0 Å². The molecule has 0 aliphatic rings. The van der Waals surface area contributed by atoms with Gasteiger partial charge in [-0.1, -0.05) is 29.8 Å². The first kappa shape index (κ1) is 14.5. The van der Waals surface area contributed by atoms with E-state index in [0.29, 0.717) is 5.71 Å². The molecule has 2 aromatic heterocycles. The standard InChI is InChI=1S/C20H16N2O2/c1-12-4-7-16(8-5-12)21-19(23)18-11-15-10-14-6-3-13(2)9-17(14)22-20(15)24-18/h3-11H,1-2H3,(H,21,23). The number of pyridine rings is 1. The first-order chi connectivity index (χ1) is 11.6. The zero-order valence-corrected chi connectivity index (χ0v) is 13.5. The predicted molar refractivity (Wildman–Crippen MR) is 95.4 cm³/mol. The molecule has 0 atom stereocenters. The molecular formula is C20H16N2O2. The summed E-state index contributed by atoms with van der Waals surface area (Å²) in [5, 5.41) is 4.68. The molecule has 0 aliphatic carbocycles. The number of hydrogen-bond acceptors (Lipinski definition) is 3. The summed E-state index contributed by atoms with van der Waals surface area (Å²) < 4.78 is 5.65. The van der Waals surface area contributed by atoms with E-state index in [0.717, 1.165) is 33.1 Å². The first-order valence-electron chi connectivity index (χ1n) is 7.77. The number of hydrogen-bond donors (Lipinski definition) is 1. The maximum absolute atomic E-state index is 12.4. The number of nitrogens with one attached hydrogen (secondary N) is 1. The topological polar surface area (TPSA) is 55.1 Å². The Morgan fingerprint density at radius 2 is 1.67 bits per heavy atom. The van der Waals surface area contributed by atoms with Crippen LogP contribution in [0.4, 0.5) is 5.69 Å². The van der Waals surface area contributed by atoms with Crippen LogP contribution in [-0.2, 0) is 0 Å². The first-order valence-corrected chi connectivity index (χ1v) is 7.77. The summed E-state index contributed by atoms with van der Waals surface area (Å²) in [6.45, 7) is 4.02. The number of fused-ring (bicyclic) bond motifs is 2. The van der Waals surface area contributed by atoms with Gasteiger partial charge < -0.3 is 9.73 Å². The quantitative estimate of drug-likeness (QED) is 0.575. The Balaban J connectivity index is 1.69. The highest BCUT2D eigenvalue weighted by molar-refractivity contribution is 6.05. The van der Waals surface area contributed by atoms with Gasteiger partial charge >= 0.3 is 0 Å². The minimum absolute atomic E-state index is 0.255. The summed E-state index contributed by atoms with van der Waals surface area (Å²) in [6.07, 6.45) is 0. The van der Waals surface area contributed by atoms with Crippen LogP contribution in [0.5, 0.6) is 0 Å². The molecule has 0 fully saturated rings. The van der Waals surface area contributed by atoms with E-state index in [2.05, 4.69) is 10.3 Å². The molecule has 4 aromatic rings. The van der Waals surface area contributed by atoms with Gasteiger partial charge in [-0.2, -0.15) is 0 Å². The fourth-order valence-electron chi connectivity index (χ4n) is 2.68. The highest BCUT2D eigenvalue weighted by Crippen LogP contribution is 2.24. The summed E-state index contributed by atoms with van der Waals surface area (Å²) in [4.78, 5) is 16.9. The van der Waals surface area contributed by atoms with Crippen molar-refractivity contribution in [3.8, 4) is 0 Å². The monoisotopic (exact) mass is 316 g/mol. The molecule has 0 radical (unpaired) electrons. The number of nitrogens with zero attached hydrogens (tertiary/aromatic N) is 1. The lowest BCUT2D eigenvalue weighted by Gasteiger charge is -2.02. The summed E-state index contributed by atoms with van der Waals surface area (Å²) in [5.41, 5.74) is 4.35. The van der Waals surface area contributed by atoms with Crippen LogP contribution in [0, 0.1) is 13.8 Å². The fraction of sp³-hybridized carbons (Fsp3) is 0.100. The van der Waals surface area contributed by atoms with E-state index in [4.69, 9.17) is 4.42 Å². The van der Waals surface area contributed by atoms with E-state index in [-0.39, 0.29) is 11.7 Å². The molecule has 4 heteroatoms. The second-order valence-electron chi connectivity index (χ2n) is 6.01. The molecule has 24 heavy (non-hydrogen) atoms. The van der Waals surface area contributed by atoms with Gasteiger partial charge in [0, 0.05) is 16.5 Å². The van der Waals surface area contributed by atoms with Crippen LogP contribution >= 0.6 is 0 Å². The molecular weight excluding hydrogens is 300 g/mol. The molecule has 0 bridgehead atoms. The van der Waals surface area contributed by atoms with Gasteiger partial charge in [0.15, 0.2) is 5.76 Å². The number of carbonyl (C=O) groups is 1. The number of aryl methyl sites for hydroxylation is 2. The van der Waals surface area contributed by atoms with Gasteiger partial charge in [0.25, 0.3) is 5.91 Å². The molecule has 0 spiro atoms. The third-order valence-corrected chi connectivity index (χ3v) is 3.99. The lowest BCUT2D eigenvalue weighted by atomic mass is 10.1. The number of anilines is 1. The van der Waals surface area contributed by atoms with Crippen LogP contribution in [0.3, 0.4) is 0 Å². The van der Waals surface area contributed by atoms with E-state index in [9.17, 15) is 4.79 Å². The van der Waals surface area contributed by atoms with Crippen molar-refractivity contribution in [2.45, 2.75) is 13.8 Å². The van der Waals surface area contributed by atoms with Crippen molar-refractivity contribution >= 4 is 33.6 Å². The second-order valence-corrected chi connectivity index (χ2v) is 6.01. The average molecular weight is 316 g/mol. The number of carbonyl (C=O) groups excluding carboxylic acids is 1. The van der Waals surface area contributed by atoms with E-state index >= 15 is 0 Å². The van der Waals surface area contributed by atoms with Crippen LogP contribution in [0.15, 0.2) is 59.0 Å². The molecule has 0 saturated carbocycles. The zero-order chi connectivity index (χ0) is 16.7. The van der Waals surface area contributed by atoms with Crippen LogP contribution < -0.4 is 5.32 Å². The molecule has 1 N–H and O–H groups in total. The van der Waals surface area contributed by atoms with Crippen molar-refractivity contribution in [1.29, 1.82) is 0 Å². The molecule has 4 nitrogen and oxygen atoms in total. The van der Waals surface area contributed by atoms with Crippen molar-refractivity contribution in [3.05, 3.63) is 71.5 Å². The molecule has 118 valence electrons. The number of aromatic nitrogens is 1. The van der Waals surface area contributed by atoms with E-state index in [1.807, 2.05) is 62.4 Å². The van der Waals surface area contributed by atoms with Gasteiger partial charge in [-0.15, -0.1) is 0 Å². The number of furan rings is 1. The van der Waals surface area contributed by atoms with Crippen LogP contribution in [0.25, 0.3) is 22.0 Å². The minimum Gasteiger partial charge on any atom is -0.433 e. The highest BCUT2D eigenvalue weighted by atomic mass is 16.4. The van der Waals surface area contributed by atoms with Crippen LogP contribution in [0.1, 0.15) is 21.7 Å². The molecule has 2 heterocycles. The van der Waals surface area contributed by atoms with Gasteiger partial charge in [0.1, 0.15) is 0 Å². The fourth-order valence-corrected chi connectivity index (χ4v) is 2.68. The zero-order valence-electron chi connectivity index (χ0n) is 13.5. The van der Waals surface area contributed by atoms with E-state index in [1.54, 1.807) is 6.07 Å². The Hall–Kier alpha value is -3.14. The van der Waals surface area contributed by atoms with E-state index in [1.165, 1.54) is 0 Å². The molecule has 0 aliphatic heterocycles. The normalized spacial score (nSPS) is 11.1. The Labute approximate surface area is 139 Å². The van der Waals surface area contributed by atoms with Crippen molar-refractivity contribution in [1.82, 2.24) is 4.98 Å². The second kappa shape index (κ2) is 5.49.